The summed E-state index contributed by atoms with van der Waals surface area (Å²) in [5, 5.41) is 6.17. The summed E-state index contributed by atoms with van der Waals surface area (Å²) in [7, 11) is 0. The normalized spacial score (nSPS) is 12.1. The maximum Gasteiger partial charge on any atom is 0.227 e. The Kier molecular flexibility index (Phi) is 5.43. The van der Waals surface area contributed by atoms with Crippen molar-refractivity contribution in [2.24, 2.45) is 0 Å². The van der Waals surface area contributed by atoms with E-state index in [4.69, 9.17) is 0 Å². The number of rotatable bonds is 6. The molecule has 0 bridgehead atoms. The van der Waals surface area contributed by atoms with E-state index >= 15 is 0 Å². The lowest BCUT2D eigenvalue weighted by atomic mass is 9.96. The van der Waals surface area contributed by atoms with Crippen LogP contribution in [0.3, 0.4) is 0 Å². The fourth-order valence-electron chi connectivity index (χ4n) is 2.65. The first-order chi connectivity index (χ1) is 11.7. The molecule has 1 aromatic carbocycles. The van der Waals surface area contributed by atoms with Gasteiger partial charge in [-0.3, -0.25) is 4.79 Å². The number of carbonyl (C=O) groups is 1. The minimum Gasteiger partial charge on any atom is -0.351 e. The van der Waals surface area contributed by atoms with Crippen molar-refractivity contribution < 1.29 is 4.79 Å². The number of aromatic nitrogens is 1. The van der Waals surface area contributed by atoms with Gasteiger partial charge in [0.2, 0.25) is 5.91 Å². The van der Waals surface area contributed by atoms with Crippen molar-refractivity contribution in [2.45, 2.75) is 32.7 Å². The van der Waals surface area contributed by atoms with Crippen molar-refractivity contribution in [2.75, 3.05) is 0 Å². The molecule has 0 aliphatic heterocycles. The lowest BCUT2D eigenvalue weighted by Gasteiger charge is -2.15. The Bertz CT molecular complexity index is 794. The van der Waals surface area contributed by atoms with E-state index in [1.54, 1.807) is 22.7 Å². The number of thiazole rings is 1. The van der Waals surface area contributed by atoms with Gasteiger partial charge in [-0.1, -0.05) is 43.3 Å². The molecule has 24 heavy (non-hydrogen) atoms. The van der Waals surface area contributed by atoms with Crippen LogP contribution in [0.15, 0.2) is 47.8 Å². The molecule has 0 radical (unpaired) electrons. The Morgan fingerprint density at radius 3 is 2.67 bits per heavy atom. The molecule has 0 spiro atoms. The average molecular weight is 357 g/mol. The summed E-state index contributed by atoms with van der Waals surface area (Å²) in [5.74, 6) is -0.0228. The predicted octanol–water partition coefficient (Wildman–Crippen LogP) is 4.99. The molecule has 3 aromatic rings. The van der Waals surface area contributed by atoms with Gasteiger partial charge in [-0.15, -0.1) is 22.7 Å². The topological polar surface area (TPSA) is 42.0 Å². The summed E-state index contributed by atoms with van der Waals surface area (Å²) in [4.78, 5) is 19.5. The average Bonchev–Trinajstić information content (AvgIpc) is 3.24. The monoisotopic (exact) mass is 356 g/mol. The standard InChI is InChI=1S/C19H20N2OS2/c1-3-15(14-8-5-4-6-9-14)18(22)20-12-17-13(2)21-19(24-17)16-10-7-11-23-16/h4-11,15H,3,12H2,1-2H3,(H,20,22). The summed E-state index contributed by atoms with van der Waals surface area (Å²) in [6.07, 6.45) is 0.790. The van der Waals surface area contributed by atoms with Gasteiger partial charge in [-0.2, -0.15) is 0 Å². The minimum atomic E-state index is -0.101. The second kappa shape index (κ2) is 7.73. The Morgan fingerprint density at radius 1 is 1.21 bits per heavy atom. The van der Waals surface area contributed by atoms with E-state index in [-0.39, 0.29) is 11.8 Å². The number of carbonyl (C=O) groups excluding carboxylic acids is 1. The van der Waals surface area contributed by atoms with Gasteiger partial charge in [-0.25, -0.2) is 4.98 Å². The molecular weight excluding hydrogens is 336 g/mol. The van der Waals surface area contributed by atoms with E-state index < -0.39 is 0 Å². The number of amides is 1. The van der Waals surface area contributed by atoms with Gasteiger partial charge in [0.1, 0.15) is 5.01 Å². The Balaban J connectivity index is 1.68. The highest BCUT2D eigenvalue weighted by Crippen LogP contribution is 2.31. The molecule has 0 aliphatic carbocycles. The molecule has 1 unspecified atom stereocenters. The lowest BCUT2D eigenvalue weighted by Crippen LogP contribution is -2.28. The van der Waals surface area contributed by atoms with Crippen LogP contribution in [0.1, 0.15) is 35.4 Å². The van der Waals surface area contributed by atoms with Gasteiger partial charge in [0.25, 0.3) is 0 Å². The van der Waals surface area contributed by atoms with Gasteiger partial charge in [0.15, 0.2) is 0 Å². The quantitative estimate of drug-likeness (QED) is 0.676. The van der Waals surface area contributed by atoms with E-state index in [0.717, 1.165) is 27.6 Å². The van der Waals surface area contributed by atoms with E-state index in [1.165, 1.54) is 4.88 Å². The third-order valence-electron chi connectivity index (χ3n) is 3.97. The molecule has 3 nitrogen and oxygen atoms in total. The highest BCUT2D eigenvalue weighted by molar-refractivity contribution is 7.21. The molecule has 2 heterocycles. The predicted molar refractivity (Wildman–Crippen MR) is 101 cm³/mol. The molecular formula is C19H20N2OS2. The number of hydrogen-bond acceptors (Lipinski definition) is 4. The maximum atomic E-state index is 12.6. The Labute approximate surface area is 150 Å². The number of nitrogens with zero attached hydrogens (tertiary/aromatic N) is 1. The first kappa shape index (κ1) is 16.9. The molecule has 0 aliphatic rings. The van der Waals surface area contributed by atoms with Crippen molar-refractivity contribution in [3.63, 3.8) is 0 Å². The zero-order valence-electron chi connectivity index (χ0n) is 13.8. The van der Waals surface area contributed by atoms with Crippen LogP contribution in [0.2, 0.25) is 0 Å². The van der Waals surface area contributed by atoms with Gasteiger partial charge in [-0.05, 0) is 30.4 Å². The fraction of sp³-hybridized carbons (Fsp3) is 0.263. The van der Waals surface area contributed by atoms with Crippen molar-refractivity contribution >= 4 is 28.6 Å². The molecule has 0 saturated carbocycles. The molecule has 0 saturated heterocycles. The van der Waals surface area contributed by atoms with E-state index in [1.807, 2.05) is 50.2 Å². The largest absolute Gasteiger partial charge is 0.351 e. The van der Waals surface area contributed by atoms with Crippen molar-refractivity contribution in [1.29, 1.82) is 0 Å². The number of benzene rings is 1. The van der Waals surface area contributed by atoms with E-state index in [0.29, 0.717) is 6.54 Å². The van der Waals surface area contributed by atoms with Crippen LogP contribution < -0.4 is 5.32 Å². The zero-order chi connectivity index (χ0) is 16.9. The highest BCUT2D eigenvalue weighted by Gasteiger charge is 2.19. The maximum absolute atomic E-state index is 12.6. The summed E-state index contributed by atoms with van der Waals surface area (Å²) in [5.41, 5.74) is 2.06. The molecule has 1 N–H and O–H groups in total. The van der Waals surface area contributed by atoms with Crippen LogP contribution >= 0.6 is 22.7 Å². The van der Waals surface area contributed by atoms with E-state index in [9.17, 15) is 4.79 Å². The van der Waals surface area contributed by atoms with Gasteiger partial charge in [0, 0.05) is 4.88 Å². The smallest absolute Gasteiger partial charge is 0.227 e. The SMILES string of the molecule is CCC(C(=O)NCc1sc(-c2cccs2)nc1C)c1ccccc1. The summed E-state index contributed by atoms with van der Waals surface area (Å²) in [6, 6.07) is 14.1. The highest BCUT2D eigenvalue weighted by atomic mass is 32.1. The first-order valence-corrected chi connectivity index (χ1v) is 9.71. The third-order valence-corrected chi connectivity index (χ3v) is 6.17. The molecule has 124 valence electrons. The van der Waals surface area contributed by atoms with Crippen molar-refractivity contribution in [3.8, 4) is 9.88 Å². The second-order valence-electron chi connectivity index (χ2n) is 5.59. The third kappa shape index (κ3) is 3.74. The lowest BCUT2D eigenvalue weighted by molar-refractivity contribution is -0.122. The van der Waals surface area contributed by atoms with E-state index in [2.05, 4.69) is 21.7 Å². The van der Waals surface area contributed by atoms with Crippen molar-refractivity contribution in [1.82, 2.24) is 10.3 Å². The Hall–Kier alpha value is -1.98. The van der Waals surface area contributed by atoms with Gasteiger partial charge in [0.05, 0.1) is 23.0 Å². The summed E-state index contributed by atoms with van der Waals surface area (Å²) >= 11 is 3.35. The number of hydrogen-bond donors (Lipinski definition) is 1. The van der Waals surface area contributed by atoms with Crippen LogP contribution in [-0.4, -0.2) is 10.9 Å². The molecule has 0 fully saturated rings. The molecule has 3 rings (SSSR count). The first-order valence-electron chi connectivity index (χ1n) is 8.02. The number of aryl methyl sites for hydroxylation is 1. The molecule has 1 amide bonds. The fourth-order valence-corrected chi connectivity index (χ4v) is 4.45. The van der Waals surface area contributed by atoms with Crippen LogP contribution in [0.25, 0.3) is 9.88 Å². The summed E-state index contributed by atoms with van der Waals surface area (Å²) in [6.45, 7) is 4.59. The molecule has 1 atom stereocenters. The van der Waals surface area contributed by atoms with Gasteiger partial charge < -0.3 is 5.32 Å². The number of nitrogens with one attached hydrogen (secondary N) is 1. The van der Waals surface area contributed by atoms with Crippen LogP contribution in [0.4, 0.5) is 0 Å². The zero-order valence-corrected chi connectivity index (χ0v) is 15.4. The Morgan fingerprint density at radius 2 is 2.00 bits per heavy atom. The number of thiophene rings is 1. The summed E-state index contributed by atoms with van der Waals surface area (Å²) < 4.78 is 0. The van der Waals surface area contributed by atoms with Crippen molar-refractivity contribution in [3.05, 3.63) is 64.0 Å². The van der Waals surface area contributed by atoms with Gasteiger partial charge >= 0.3 is 0 Å². The second-order valence-corrected chi connectivity index (χ2v) is 7.63. The molecule has 5 heteroatoms. The minimum absolute atomic E-state index is 0.0779. The molecule has 2 aromatic heterocycles. The van der Waals surface area contributed by atoms with Crippen LogP contribution in [-0.2, 0) is 11.3 Å². The van der Waals surface area contributed by atoms with Crippen LogP contribution in [0.5, 0.6) is 0 Å². The van der Waals surface area contributed by atoms with Crippen LogP contribution in [0, 0.1) is 6.92 Å².